The van der Waals surface area contributed by atoms with Crippen LogP contribution in [0.1, 0.15) is 41.1 Å². The molecule has 3 aromatic carbocycles. The van der Waals surface area contributed by atoms with Crippen molar-refractivity contribution in [2.75, 3.05) is 11.1 Å². The molecule has 1 saturated heterocycles. The minimum Gasteiger partial charge on any atom is -0.618 e. The van der Waals surface area contributed by atoms with Gasteiger partial charge in [-0.15, -0.1) is 0 Å². The van der Waals surface area contributed by atoms with E-state index in [-0.39, 0.29) is 24.8 Å². The third-order valence-electron chi connectivity index (χ3n) is 6.53. The van der Waals surface area contributed by atoms with E-state index >= 15 is 0 Å². The number of benzene rings is 3. The first-order valence-electron chi connectivity index (χ1n) is 13.1. The number of nitrogens with one attached hydrogen (secondary N) is 2. The molecule has 1 aromatic heterocycles. The van der Waals surface area contributed by atoms with Crippen molar-refractivity contribution >= 4 is 23.5 Å². The lowest BCUT2D eigenvalue weighted by atomic mass is 10.0. The van der Waals surface area contributed by atoms with Crippen molar-refractivity contribution in [3.63, 3.8) is 0 Å². The third kappa shape index (κ3) is 7.40. The first kappa shape index (κ1) is 27.7. The molecule has 0 radical (unpaired) electrons. The second-order valence-electron chi connectivity index (χ2n) is 9.44. The largest absolute Gasteiger partial charge is 0.618 e. The molecule has 0 unspecified atom stereocenters. The van der Waals surface area contributed by atoms with Gasteiger partial charge >= 0.3 is 6.03 Å². The lowest BCUT2D eigenvalue weighted by Gasteiger charge is -2.36. The van der Waals surface area contributed by atoms with Crippen molar-refractivity contribution < 1.29 is 24.1 Å². The van der Waals surface area contributed by atoms with E-state index in [1.807, 2.05) is 84.9 Å². The highest BCUT2D eigenvalue weighted by Gasteiger charge is 2.33. The number of carbonyl (C=O) groups is 1. The van der Waals surface area contributed by atoms with Gasteiger partial charge in [0.05, 0.1) is 18.8 Å². The van der Waals surface area contributed by atoms with Crippen LogP contribution in [0.3, 0.4) is 0 Å². The van der Waals surface area contributed by atoms with Gasteiger partial charge in [0.1, 0.15) is 0 Å². The molecule has 1 aliphatic heterocycles. The number of pyridine rings is 1. The monoisotopic (exact) mass is 557 g/mol. The molecule has 0 spiro atoms. The third-order valence-corrected chi connectivity index (χ3v) is 7.68. The van der Waals surface area contributed by atoms with Crippen LogP contribution < -0.4 is 15.4 Å². The summed E-state index contributed by atoms with van der Waals surface area (Å²) in [5, 5.41) is 27.9. The second-order valence-corrected chi connectivity index (χ2v) is 10.5. The number of amides is 2. The van der Waals surface area contributed by atoms with Gasteiger partial charge in [-0.25, -0.2) is 4.79 Å². The molecule has 9 heteroatoms. The van der Waals surface area contributed by atoms with Crippen LogP contribution >= 0.6 is 11.8 Å². The number of aliphatic hydroxyl groups is 1. The number of hydrogen-bond acceptors (Lipinski definition) is 6. The van der Waals surface area contributed by atoms with E-state index in [0.29, 0.717) is 29.4 Å². The van der Waals surface area contributed by atoms with Gasteiger partial charge in [0.2, 0.25) is 0 Å². The van der Waals surface area contributed by atoms with Gasteiger partial charge in [0.15, 0.2) is 12.5 Å². The van der Waals surface area contributed by atoms with Crippen LogP contribution in [-0.2, 0) is 22.6 Å². The number of hydrogen-bond donors (Lipinski definition) is 3. The molecule has 40 heavy (non-hydrogen) atoms. The number of anilines is 1. The zero-order valence-corrected chi connectivity index (χ0v) is 22.6. The number of urea groups is 1. The normalized spacial score (nSPS) is 18.7. The van der Waals surface area contributed by atoms with Crippen LogP contribution in [0.5, 0.6) is 0 Å². The van der Waals surface area contributed by atoms with Gasteiger partial charge in [0, 0.05) is 42.1 Å². The molecule has 2 heterocycles. The summed E-state index contributed by atoms with van der Waals surface area (Å²) in [6, 6.07) is 29.8. The molecule has 5 rings (SSSR count). The minimum absolute atomic E-state index is 0.0260. The topological polar surface area (TPSA) is 107 Å². The standard InChI is InChI=1S/C31H31N3O5S/c35-20-23-12-14-24(15-13-23)28-18-27(21-40-29-11-4-5-16-34(29)37)38-30(39-28)25-9-6-10-26(17-25)33-31(36)32-19-22-7-2-1-3-8-22/h1-17,27-28,30,35H,18-21H2,(H2,32,33,36)/t27-,28+,30+/m0/s1. The first-order valence-corrected chi connectivity index (χ1v) is 14.1. The van der Waals surface area contributed by atoms with E-state index in [0.717, 1.165) is 27.0 Å². The molecular formula is C31H31N3O5S. The van der Waals surface area contributed by atoms with E-state index in [4.69, 9.17) is 9.47 Å². The molecule has 206 valence electrons. The lowest BCUT2D eigenvalue weighted by Crippen LogP contribution is -2.33. The maximum atomic E-state index is 12.5. The average molecular weight is 558 g/mol. The summed E-state index contributed by atoms with van der Waals surface area (Å²) in [6.45, 7) is 0.393. The molecule has 1 aliphatic rings. The first-order chi connectivity index (χ1) is 19.6. The highest BCUT2D eigenvalue weighted by atomic mass is 32.2. The maximum absolute atomic E-state index is 12.5. The molecule has 3 N–H and O–H groups in total. The molecule has 0 saturated carbocycles. The summed E-state index contributed by atoms with van der Waals surface area (Å²) in [4.78, 5) is 12.5. The Morgan fingerprint density at radius 1 is 0.925 bits per heavy atom. The predicted molar refractivity (Wildman–Crippen MR) is 153 cm³/mol. The zero-order valence-electron chi connectivity index (χ0n) is 21.8. The number of aromatic nitrogens is 1. The van der Waals surface area contributed by atoms with Crippen molar-refractivity contribution in [3.05, 3.63) is 131 Å². The quantitative estimate of drug-likeness (QED) is 0.143. The summed E-state index contributed by atoms with van der Waals surface area (Å²) in [5.74, 6) is 0.567. The Balaban J connectivity index is 1.29. The highest BCUT2D eigenvalue weighted by Crippen LogP contribution is 2.39. The number of thioether (sulfide) groups is 1. The molecule has 3 atom stereocenters. The molecule has 8 nitrogen and oxygen atoms in total. The van der Waals surface area contributed by atoms with E-state index < -0.39 is 6.29 Å². The van der Waals surface area contributed by atoms with E-state index in [2.05, 4.69) is 10.6 Å². The Morgan fingerprint density at radius 3 is 2.50 bits per heavy atom. The number of aliphatic hydroxyl groups excluding tert-OH is 1. The molecular weight excluding hydrogens is 526 g/mol. The second kappa shape index (κ2) is 13.5. The Labute approximate surface area is 237 Å². The van der Waals surface area contributed by atoms with Gasteiger partial charge < -0.3 is 30.4 Å². The Morgan fingerprint density at radius 2 is 1.73 bits per heavy atom. The SMILES string of the molecule is O=C(NCc1ccccc1)Nc1cccc([C@@H]2O[C@H](CSc3cccc[n+]3[O-])C[C@H](c3ccc(CO)cc3)O2)c1. The molecule has 0 aliphatic carbocycles. The van der Waals surface area contributed by atoms with Crippen molar-refractivity contribution in [2.24, 2.45) is 0 Å². The fourth-order valence-corrected chi connectivity index (χ4v) is 5.38. The van der Waals surface area contributed by atoms with Crippen molar-refractivity contribution in [1.82, 2.24) is 5.32 Å². The van der Waals surface area contributed by atoms with Gasteiger partial charge in [-0.2, -0.15) is 4.73 Å². The smallest absolute Gasteiger partial charge is 0.319 e. The minimum atomic E-state index is -0.675. The van der Waals surface area contributed by atoms with E-state index in [1.165, 1.54) is 18.0 Å². The van der Waals surface area contributed by atoms with Crippen molar-refractivity contribution in [3.8, 4) is 0 Å². The lowest BCUT2D eigenvalue weighted by molar-refractivity contribution is -0.645. The van der Waals surface area contributed by atoms with Gasteiger partial charge in [-0.3, -0.25) is 0 Å². The Kier molecular flexibility index (Phi) is 9.30. The van der Waals surface area contributed by atoms with Crippen molar-refractivity contribution in [1.29, 1.82) is 0 Å². The highest BCUT2D eigenvalue weighted by molar-refractivity contribution is 7.99. The van der Waals surface area contributed by atoms with E-state index in [9.17, 15) is 15.1 Å². The number of carbonyl (C=O) groups excluding carboxylic acids is 1. The molecule has 2 amide bonds. The summed E-state index contributed by atoms with van der Waals surface area (Å²) in [6.07, 6.45) is 0.963. The number of rotatable bonds is 9. The Bertz CT molecular complexity index is 1400. The van der Waals surface area contributed by atoms with Gasteiger partial charge in [-0.1, -0.05) is 78.5 Å². The average Bonchev–Trinajstić information content (AvgIpc) is 3.00. The van der Waals surface area contributed by atoms with Gasteiger partial charge in [0.25, 0.3) is 5.03 Å². The van der Waals surface area contributed by atoms with Crippen LogP contribution in [0.2, 0.25) is 0 Å². The molecule has 0 bridgehead atoms. The van der Waals surface area contributed by atoms with Crippen LogP contribution in [-0.4, -0.2) is 23.0 Å². The van der Waals surface area contributed by atoms with Crippen molar-refractivity contribution in [2.45, 2.75) is 43.1 Å². The number of nitrogens with zero attached hydrogens (tertiary/aromatic N) is 1. The Hall–Kier alpha value is -3.89. The maximum Gasteiger partial charge on any atom is 0.319 e. The fourth-order valence-electron chi connectivity index (χ4n) is 4.44. The van der Waals surface area contributed by atoms with E-state index in [1.54, 1.807) is 12.1 Å². The fraction of sp³-hybridized carbons (Fsp3) is 0.226. The van der Waals surface area contributed by atoms with Crippen LogP contribution in [0.4, 0.5) is 10.5 Å². The van der Waals surface area contributed by atoms with Crippen LogP contribution in [0.15, 0.2) is 108 Å². The summed E-state index contributed by atoms with van der Waals surface area (Å²) >= 11 is 1.44. The summed E-state index contributed by atoms with van der Waals surface area (Å²) < 4.78 is 13.6. The predicted octanol–water partition coefficient (Wildman–Crippen LogP) is 5.47. The molecule has 4 aromatic rings. The van der Waals surface area contributed by atoms with Crippen LogP contribution in [0, 0.1) is 5.21 Å². The molecule has 1 fully saturated rings. The zero-order chi connectivity index (χ0) is 27.7. The summed E-state index contributed by atoms with van der Waals surface area (Å²) in [7, 11) is 0. The summed E-state index contributed by atoms with van der Waals surface area (Å²) in [5.41, 5.74) is 4.20. The van der Waals surface area contributed by atoms with Crippen LogP contribution in [0.25, 0.3) is 0 Å². The van der Waals surface area contributed by atoms with Gasteiger partial charge in [-0.05, 0) is 34.9 Å². The number of ether oxygens (including phenoxy) is 2.